The molecule has 0 aliphatic rings. The van der Waals surface area contributed by atoms with Gasteiger partial charge in [0.05, 0.1) is 0 Å². The predicted molar refractivity (Wildman–Crippen MR) is 106 cm³/mol. The van der Waals surface area contributed by atoms with Gasteiger partial charge in [0, 0.05) is 0 Å². The Morgan fingerprint density at radius 1 is 0.955 bits per heavy atom. The molecule has 0 saturated heterocycles. The molecule has 0 rings (SSSR count). The van der Waals surface area contributed by atoms with Gasteiger partial charge in [-0.3, -0.25) is 0 Å². The van der Waals surface area contributed by atoms with Crippen LogP contribution in [-0.4, -0.2) is 37.2 Å². The van der Waals surface area contributed by atoms with Gasteiger partial charge in [0.15, 0.2) is 0 Å². The van der Waals surface area contributed by atoms with E-state index in [0.29, 0.717) is 6.61 Å². The summed E-state index contributed by atoms with van der Waals surface area (Å²) in [6, 6.07) is 0. The molecule has 0 N–H and O–H groups in total. The summed E-state index contributed by atoms with van der Waals surface area (Å²) >= 11 is 4.35. The van der Waals surface area contributed by atoms with Crippen LogP contribution in [0.4, 0.5) is 0 Å². The quantitative estimate of drug-likeness (QED) is 0.148. The number of ether oxygens (including phenoxy) is 1. The van der Waals surface area contributed by atoms with Gasteiger partial charge in [0.25, 0.3) is 0 Å². The summed E-state index contributed by atoms with van der Waals surface area (Å²) in [4.78, 5) is 11.2. The Labute approximate surface area is 146 Å². The van der Waals surface area contributed by atoms with Crippen molar-refractivity contribution < 1.29 is 9.53 Å². The fourth-order valence-electron chi connectivity index (χ4n) is 3.02. The number of halogens is 1. The Morgan fingerprint density at radius 2 is 1.36 bits per heavy atom. The molecule has 0 spiro atoms. The van der Waals surface area contributed by atoms with E-state index >= 15 is 0 Å². The van der Waals surface area contributed by atoms with Crippen LogP contribution in [0.1, 0.15) is 65.7 Å². The molecule has 0 aliphatic carbocycles. The van der Waals surface area contributed by atoms with E-state index in [0.717, 1.165) is 6.42 Å². The molecule has 22 heavy (non-hydrogen) atoms. The molecule has 0 aliphatic heterocycles. The molecule has 0 fully saturated rings. The molecule has 0 atom stereocenters. The first-order valence-electron chi connectivity index (χ1n) is 8.95. The Kier molecular flexibility index (Phi) is 11.7. The van der Waals surface area contributed by atoms with E-state index in [2.05, 4.69) is 42.8 Å². The van der Waals surface area contributed by atoms with Crippen LogP contribution in [0, 0.1) is 0 Å². The van der Waals surface area contributed by atoms with E-state index in [1.54, 1.807) is 0 Å². The van der Waals surface area contributed by atoms with Crippen LogP contribution in [0.25, 0.3) is 0 Å². The summed E-state index contributed by atoms with van der Waals surface area (Å²) in [5.74, 6) is -0.300. The zero-order valence-electron chi connectivity index (χ0n) is 14.9. The molecule has 4 heteroatoms. The van der Waals surface area contributed by atoms with Crippen LogP contribution in [0.2, 0.25) is 0 Å². The first-order chi connectivity index (χ1) is 10.4. The minimum absolute atomic E-state index is 0.300. The average molecular weight is 395 g/mol. The van der Waals surface area contributed by atoms with Crippen LogP contribution in [0.5, 0.6) is 0 Å². The summed E-state index contributed by atoms with van der Waals surface area (Å²) in [6.07, 6.45) is 15.2. The Morgan fingerprint density at radius 3 is 1.73 bits per heavy atom. The van der Waals surface area contributed by atoms with Crippen molar-refractivity contribution in [1.29, 1.82) is 0 Å². The first-order valence-corrected chi connectivity index (χ1v) is 13.9. The Balaban J connectivity index is 4.82. The van der Waals surface area contributed by atoms with Gasteiger partial charge in [0.2, 0.25) is 0 Å². The van der Waals surface area contributed by atoms with Crippen molar-refractivity contribution in [2.45, 2.75) is 65.7 Å². The van der Waals surface area contributed by atoms with Crippen molar-refractivity contribution >= 4 is 26.8 Å². The summed E-state index contributed by atoms with van der Waals surface area (Å²) < 4.78 is 5.19. The third kappa shape index (κ3) is 8.67. The van der Waals surface area contributed by atoms with Gasteiger partial charge >= 0.3 is 146 Å². The van der Waals surface area contributed by atoms with Gasteiger partial charge < -0.3 is 0 Å². The third-order valence-corrected chi connectivity index (χ3v) is 14.5. The first kappa shape index (κ1) is 22.1. The number of esters is 1. The van der Waals surface area contributed by atoms with Crippen molar-refractivity contribution in [3.63, 3.8) is 0 Å². The van der Waals surface area contributed by atoms with Crippen molar-refractivity contribution in [1.82, 2.24) is 0 Å². The molecule has 0 aromatic carbocycles. The number of unbranched alkanes of at least 4 members (excludes halogenated alkanes) is 3. The maximum atomic E-state index is 11.2. The van der Waals surface area contributed by atoms with Gasteiger partial charge in [-0.25, -0.2) is 0 Å². The van der Waals surface area contributed by atoms with Gasteiger partial charge in [-0.1, -0.05) is 0 Å². The number of hydrogen-bond acceptors (Lipinski definition) is 2. The van der Waals surface area contributed by atoms with Gasteiger partial charge in [-0.2, -0.15) is 0 Å². The van der Waals surface area contributed by atoms with Gasteiger partial charge in [-0.15, -0.1) is 0 Å². The second-order valence-corrected chi connectivity index (χ2v) is 17.9. The molecule has 0 heterocycles. The number of rotatable bonds is 14. The molecule has 0 amide bonds. The van der Waals surface area contributed by atoms with E-state index in [4.69, 9.17) is 4.74 Å². The van der Waals surface area contributed by atoms with Crippen molar-refractivity contribution in [2.24, 2.45) is 0 Å². The Hall–Kier alpha value is 0.120. The molecule has 2 nitrogen and oxygen atoms in total. The number of hydrogen-bond donors (Lipinski definition) is 0. The molecule has 0 aromatic heterocycles. The monoisotopic (exact) mass is 394 g/mol. The summed E-state index contributed by atoms with van der Waals surface area (Å²) in [6.45, 7) is 10.8. The molecule has 0 radical (unpaired) electrons. The molecular weight excluding hydrogens is 359 g/mol. The second-order valence-electron chi connectivity index (χ2n) is 6.50. The topological polar surface area (TPSA) is 26.3 Å². The SMILES string of the molecule is C=CC(=O)OCCCP(Br)(CCCC)(CCCC)CCCC. The molecule has 0 unspecified atom stereocenters. The van der Waals surface area contributed by atoms with E-state index in [9.17, 15) is 4.79 Å². The maximum absolute atomic E-state index is 11.2. The van der Waals surface area contributed by atoms with Gasteiger partial charge in [-0.05, 0) is 0 Å². The van der Waals surface area contributed by atoms with Crippen LogP contribution in [-0.2, 0) is 9.53 Å². The molecule has 0 saturated carbocycles. The van der Waals surface area contributed by atoms with Crippen LogP contribution in [0.15, 0.2) is 12.7 Å². The van der Waals surface area contributed by atoms with Crippen molar-refractivity contribution in [3.05, 3.63) is 12.7 Å². The summed E-state index contributed by atoms with van der Waals surface area (Å²) in [5.41, 5.74) is 0. The molecule has 0 bridgehead atoms. The Bertz CT molecular complexity index is 307. The van der Waals surface area contributed by atoms with Crippen LogP contribution < -0.4 is 0 Å². The molecule has 0 aromatic rings. The average Bonchev–Trinajstić information content (AvgIpc) is 2.54. The van der Waals surface area contributed by atoms with Crippen molar-refractivity contribution in [3.8, 4) is 0 Å². The second kappa shape index (κ2) is 11.6. The summed E-state index contributed by atoms with van der Waals surface area (Å²) in [7, 11) is 0. The van der Waals surface area contributed by atoms with E-state index in [1.165, 1.54) is 69.2 Å². The zero-order valence-corrected chi connectivity index (χ0v) is 17.4. The van der Waals surface area contributed by atoms with Crippen molar-refractivity contribution in [2.75, 3.05) is 31.3 Å². The predicted octanol–water partition coefficient (Wildman–Crippen LogP) is 6.37. The summed E-state index contributed by atoms with van der Waals surface area (Å²) in [5, 5.41) is -1.83. The molecule has 132 valence electrons. The third-order valence-electron chi connectivity index (χ3n) is 4.48. The molecular formula is C18H36BrO2P. The number of carbonyl (C=O) groups excluding carboxylic acids is 1. The van der Waals surface area contributed by atoms with E-state index in [1.807, 2.05) is 0 Å². The number of carbonyl (C=O) groups is 1. The fourth-order valence-corrected chi connectivity index (χ4v) is 11.6. The standard InChI is InChI=1S/C18H36BrO2P/c1-5-9-14-22(19,15-10-6-2,16-11-7-3)17-12-13-21-18(20)8-4/h8H,4-7,9-17H2,1-3H3. The van der Waals surface area contributed by atoms with Crippen LogP contribution >= 0.6 is 20.8 Å². The van der Waals surface area contributed by atoms with Gasteiger partial charge in [0.1, 0.15) is 0 Å². The normalized spacial score (nSPS) is 13.4. The fraction of sp³-hybridized carbons (Fsp3) is 0.833. The van der Waals surface area contributed by atoms with E-state index in [-0.39, 0.29) is 5.97 Å². The van der Waals surface area contributed by atoms with Crippen LogP contribution in [0.3, 0.4) is 0 Å². The zero-order chi connectivity index (χ0) is 16.9. The van der Waals surface area contributed by atoms with E-state index < -0.39 is 5.31 Å². The minimum atomic E-state index is -1.83.